The predicted octanol–water partition coefficient (Wildman–Crippen LogP) is 1.75. The van der Waals surface area contributed by atoms with Gasteiger partial charge in [-0.05, 0) is 19.9 Å². The number of hydrogen-bond acceptors (Lipinski definition) is 5. The van der Waals surface area contributed by atoms with Crippen molar-refractivity contribution in [2.75, 3.05) is 20.8 Å². The first-order valence-corrected chi connectivity index (χ1v) is 6.21. The standard InChI is InChI=1S/C12H23N3O2/c1-5-10(13-3)9(2)12-14-11(15-17-12)7-6-8-16-4/h9-10,13H,5-8H2,1-4H3. The van der Waals surface area contributed by atoms with Gasteiger partial charge in [0.15, 0.2) is 5.82 Å². The van der Waals surface area contributed by atoms with Gasteiger partial charge in [0.2, 0.25) is 5.89 Å². The zero-order chi connectivity index (χ0) is 12.7. The van der Waals surface area contributed by atoms with E-state index in [0.29, 0.717) is 6.04 Å². The average Bonchev–Trinajstić information content (AvgIpc) is 2.79. The molecule has 0 aliphatic carbocycles. The summed E-state index contributed by atoms with van der Waals surface area (Å²) in [6.45, 7) is 4.98. The Balaban J connectivity index is 2.54. The second kappa shape index (κ2) is 7.40. The predicted molar refractivity (Wildman–Crippen MR) is 66.0 cm³/mol. The van der Waals surface area contributed by atoms with Crippen LogP contribution in [0.4, 0.5) is 0 Å². The van der Waals surface area contributed by atoms with Crippen LogP contribution in [0.1, 0.15) is 44.3 Å². The minimum atomic E-state index is 0.244. The molecule has 0 aromatic carbocycles. The maximum Gasteiger partial charge on any atom is 0.231 e. The Labute approximate surface area is 103 Å². The van der Waals surface area contributed by atoms with Crippen molar-refractivity contribution in [2.45, 2.75) is 45.1 Å². The van der Waals surface area contributed by atoms with Crippen LogP contribution in [0.15, 0.2) is 4.52 Å². The number of aryl methyl sites for hydroxylation is 1. The van der Waals surface area contributed by atoms with Gasteiger partial charge in [-0.1, -0.05) is 19.0 Å². The molecule has 0 bridgehead atoms. The van der Waals surface area contributed by atoms with Crippen LogP contribution < -0.4 is 5.32 Å². The second-order valence-corrected chi connectivity index (χ2v) is 4.24. The molecule has 0 saturated heterocycles. The largest absolute Gasteiger partial charge is 0.385 e. The van der Waals surface area contributed by atoms with E-state index in [1.165, 1.54) is 0 Å². The molecule has 5 heteroatoms. The summed E-state index contributed by atoms with van der Waals surface area (Å²) in [4.78, 5) is 4.43. The van der Waals surface area contributed by atoms with E-state index in [0.717, 1.165) is 37.6 Å². The fraction of sp³-hybridized carbons (Fsp3) is 0.833. The number of hydrogen-bond donors (Lipinski definition) is 1. The molecule has 17 heavy (non-hydrogen) atoms. The Morgan fingerprint density at radius 2 is 2.24 bits per heavy atom. The smallest absolute Gasteiger partial charge is 0.231 e. The molecule has 98 valence electrons. The van der Waals surface area contributed by atoms with E-state index >= 15 is 0 Å². The fourth-order valence-electron chi connectivity index (χ4n) is 1.91. The zero-order valence-corrected chi connectivity index (χ0v) is 11.2. The molecule has 2 unspecified atom stereocenters. The van der Waals surface area contributed by atoms with Crippen molar-refractivity contribution in [1.82, 2.24) is 15.5 Å². The second-order valence-electron chi connectivity index (χ2n) is 4.24. The molecule has 0 radical (unpaired) electrons. The van der Waals surface area contributed by atoms with Gasteiger partial charge in [0, 0.05) is 26.2 Å². The molecule has 1 N–H and O–H groups in total. The van der Waals surface area contributed by atoms with E-state index in [2.05, 4.69) is 29.3 Å². The number of nitrogens with one attached hydrogen (secondary N) is 1. The van der Waals surface area contributed by atoms with Crippen molar-refractivity contribution < 1.29 is 9.26 Å². The van der Waals surface area contributed by atoms with Gasteiger partial charge >= 0.3 is 0 Å². The third-order valence-corrected chi connectivity index (χ3v) is 3.04. The number of rotatable bonds is 8. The van der Waals surface area contributed by atoms with Gasteiger partial charge < -0.3 is 14.6 Å². The Kier molecular flexibility index (Phi) is 6.15. The molecule has 0 aliphatic rings. The molecule has 1 heterocycles. The minimum Gasteiger partial charge on any atom is -0.385 e. The maximum absolute atomic E-state index is 5.30. The van der Waals surface area contributed by atoms with Crippen LogP contribution in [0.5, 0.6) is 0 Å². The Morgan fingerprint density at radius 3 is 2.82 bits per heavy atom. The summed E-state index contributed by atoms with van der Waals surface area (Å²) in [6.07, 6.45) is 2.77. The van der Waals surface area contributed by atoms with Crippen LogP contribution in [-0.2, 0) is 11.2 Å². The highest BCUT2D eigenvalue weighted by molar-refractivity contribution is 4.97. The average molecular weight is 241 g/mol. The van der Waals surface area contributed by atoms with Gasteiger partial charge in [0.1, 0.15) is 0 Å². The molecule has 0 amide bonds. The van der Waals surface area contributed by atoms with E-state index < -0.39 is 0 Å². The van der Waals surface area contributed by atoms with Gasteiger partial charge in [-0.15, -0.1) is 0 Å². The van der Waals surface area contributed by atoms with Gasteiger partial charge in [-0.25, -0.2) is 0 Å². The monoisotopic (exact) mass is 241 g/mol. The van der Waals surface area contributed by atoms with Gasteiger partial charge in [-0.2, -0.15) is 4.98 Å². The van der Waals surface area contributed by atoms with Crippen molar-refractivity contribution in [3.05, 3.63) is 11.7 Å². The van der Waals surface area contributed by atoms with Crippen LogP contribution in [-0.4, -0.2) is 36.9 Å². The molecule has 5 nitrogen and oxygen atoms in total. The van der Waals surface area contributed by atoms with Crippen LogP contribution >= 0.6 is 0 Å². The summed E-state index contributed by atoms with van der Waals surface area (Å²) in [7, 11) is 3.66. The normalized spacial score (nSPS) is 14.8. The van der Waals surface area contributed by atoms with Crippen LogP contribution in [0.2, 0.25) is 0 Å². The first-order valence-electron chi connectivity index (χ1n) is 6.21. The van der Waals surface area contributed by atoms with Gasteiger partial charge in [-0.3, -0.25) is 0 Å². The van der Waals surface area contributed by atoms with E-state index in [-0.39, 0.29) is 5.92 Å². The molecule has 1 aromatic rings. The molecule has 2 atom stereocenters. The van der Waals surface area contributed by atoms with Crippen molar-refractivity contribution >= 4 is 0 Å². The molecule has 1 rings (SSSR count). The third-order valence-electron chi connectivity index (χ3n) is 3.04. The highest BCUT2D eigenvalue weighted by Gasteiger charge is 2.21. The van der Waals surface area contributed by atoms with Crippen molar-refractivity contribution in [3.63, 3.8) is 0 Å². The lowest BCUT2D eigenvalue weighted by molar-refractivity contribution is 0.194. The first-order chi connectivity index (χ1) is 8.22. The van der Waals surface area contributed by atoms with E-state index in [1.807, 2.05) is 7.05 Å². The fourth-order valence-corrected chi connectivity index (χ4v) is 1.91. The number of methoxy groups -OCH3 is 1. The lowest BCUT2D eigenvalue weighted by Gasteiger charge is -2.18. The first kappa shape index (κ1) is 14.1. The van der Waals surface area contributed by atoms with Crippen LogP contribution in [0, 0.1) is 0 Å². The van der Waals surface area contributed by atoms with E-state index in [4.69, 9.17) is 9.26 Å². The number of nitrogens with zero attached hydrogens (tertiary/aromatic N) is 2. The summed E-state index contributed by atoms with van der Waals surface area (Å²) in [5.41, 5.74) is 0. The third kappa shape index (κ3) is 4.09. The molecular weight excluding hydrogens is 218 g/mol. The maximum atomic E-state index is 5.30. The topological polar surface area (TPSA) is 60.2 Å². The summed E-state index contributed by atoms with van der Waals surface area (Å²) in [5.74, 6) is 1.74. The van der Waals surface area contributed by atoms with E-state index in [1.54, 1.807) is 7.11 Å². The van der Waals surface area contributed by atoms with Gasteiger partial charge in [0.25, 0.3) is 0 Å². The lowest BCUT2D eigenvalue weighted by Crippen LogP contribution is -2.30. The van der Waals surface area contributed by atoms with Crippen LogP contribution in [0.25, 0.3) is 0 Å². The quantitative estimate of drug-likeness (QED) is 0.703. The minimum absolute atomic E-state index is 0.244. The Hall–Kier alpha value is -0.940. The molecule has 0 spiro atoms. The highest BCUT2D eigenvalue weighted by Crippen LogP contribution is 2.19. The molecular formula is C12H23N3O2. The SMILES string of the molecule is CCC(NC)C(C)c1nc(CCCOC)no1. The highest BCUT2D eigenvalue weighted by atomic mass is 16.5. The molecule has 0 saturated carbocycles. The number of likely N-dealkylation sites (N-methyl/N-ethyl adjacent to an activating group) is 1. The van der Waals surface area contributed by atoms with E-state index in [9.17, 15) is 0 Å². The van der Waals surface area contributed by atoms with Gasteiger partial charge in [0.05, 0.1) is 5.92 Å². The lowest BCUT2D eigenvalue weighted by atomic mass is 10.00. The molecule has 0 fully saturated rings. The zero-order valence-electron chi connectivity index (χ0n) is 11.2. The Morgan fingerprint density at radius 1 is 1.47 bits per heavy atom. The Bertz CT molecular complexity index is 310. The number of aromatic nitrogens is 2. The molecule has 1 aromatic heterocycles. The van der Waals surface area contributed by atoms with Crippen molar-refractivity contribution in [3.8, 4) is 0 Å². The summed E-state index contributed by atoms with van der Waals surface area (Å²) >= 11 is 0. The summed E-state index contributed by atoms with van der Waals surface area (Å²) in [5, 5.41) is 7.25. The molecule has 0 aliphatic heterocycles. The summed E-state index contributed by atoms with van der Waals surface area (Å²) in [6, 6.07) is 0.377. The van der Waals surface area contributed by atoms with Crippen molar-refractivity contribution in [2.24, 2.45) is 0 Å². The number of ether oxygens (including phenoxy) is 1. The van der Waals surface area contributed by atoms with Crippen molar-refractivity contribution in [1.29, 1.82) is 0 Å². The summed E-state index contributed by atoms with van der Waals surface area (Å²) < 4.78 is 10.3. The van der Waals surface area contributed by atoms with Crippen LogP contribution in [0.3, 0.4) is 0 Å².